The minimum Gasteiger partial charge on any atom is -0.444 e. The Hall–Kier alpha value is -1.56. The van der Waals surface area contributed by atoms with Crippen LogP contribution in [0, 0.1) is 6.92 Å². The molecule has 1 atom stereocenters. The zero-order valence-electron chi connectivity index (χ0n) is 13.1. The van der Waals surface area contributed by atoms with Gasteiger partial charge in [-0.05, 0) is 46.2 Å². The normalized spacial score (nSPS) is 13.6. The van der Waals surface area contributed by atoms with E-state index in [1.165, 1.54) is 0 Å². The van der Waals surface area contributed by atoms with Gasteiger partial charge in [0.25, 0.3) is 0 Å². The first-order valence-corrected chi connectivity index (χ1v) is 8.41. The highest BCUT2D eigenvalue weighted by Gasteiger charge is 2.29. The quantitative estimate of drug-likeness (QED) is 0.927. The SMILES string of the molecule is CCC(NC(=O)OC(C)(C)C)S(=O)(=O)c1ccc(C)cc1. The monoisotopic (exact) mass is 313 g/mol. The van der Waals surface area contributed by atoms with Crippen LogP contribution in [0.3, 0.4) is 0 Å². The number of rotatable bonds is 4. The summed E-state index contributed by atoms with van der Waals surface area (Å²) < 4.78 is 30.1. The van der Waals surface area contributed by atoms with Crippen molar-refractivity contribution in [1.29, 1.82) is 0 Å². The van der Waals surface area contributed by atoms with E-state index in [2.05, 4.69) is 5.32 Å². The molecule has 0 heterocycles. The first-order valence-electron chi connectivity index (χ1n) is 6.86. The lowest BCUT2D eigenvalue weighted by atomic mass is 10.2. The third-order valence-electron chi connectivity index (χ3n) is 2.77. The minimum atomic E-state index is -3.63. The van der Waals surface area contributed by atoms with Crippen molar-refractivity contribution in [1.82, 2.24) is 5.32 Å². The van der Waals surface area contributed by atoms with Crippen LogP contribution in [0.15, 0.2) is 29.2 Å². The van der Waals surface area contributed by atoms with Crippen molar-refractivity contribution >= 4 is 15.9 Å². The van der Waals surface area contributed by atoms with Gasteiger partial charge in [-0.25, -0.2) is 13.2 Å². The molecule has 0 saturated heterocycles. The molecule has 0 radical (unpaired) electrons. The van der Waals surface area contributed by atoms with Crippen molar-refractivity contribution in [2.24, 2.45) is 0 Å². The van der Waals surface area contributed by atoms with Gasteiger partial charge in [-0.1, -0.05) is 24.6 Å². The van der Waals surface area contributed by atoms with Crippen LogP contribution in [0.4, 0.5) is 4.79 Å². The zero-order valence-corrected chi connectivity index (χ0v) is 14.0. The Kier molecular flexibility index (Phi) is 5.39. The molecule has 1 amide bonds. The van der Waals surface area contributed by atoms with Gasteiger partial charge in [0.15, 0.2) is 9.84 Å². The molecule has 6 heteroatoms. The van der Waals surface area contributed by atoms with E-state index < -0.39 is 26.9 Å². The number of nitrogens with one attached hydrogen (secondary N) is 1. The van der Waals surface area contributed by atoms with Gasteiger partial charge in [0, 0.05) is 0 Å². The Bertz CT molecular complexity index is 585. The summed E-state index contributed by atoms with van der Waals surface area (Å²) in [5, 5.41) is 1.42. The summed E-state index contributed by atoms with van der Waals surface area (Å²) in [6.45, 7) is 8.76. The minimum absolute atomic E-state index is 0.191. The molecule has 0 spiro atoms. The number of carbonyl (C=O) groups excluding carboxylic acids is 1. The lowest BCUT2D eigenvalue weighted by molar-refractivity contribution is 0.0519. The van der Waals surface area contributed by atoms with Crippen molar-refractivity contribution in [2.75, 3.05) is 0 Å². The number of aryl methyl sites for hydroxylation is 1. The van der Waals surface area contributed by atoms with Crippen LogP contribution in [0.2, 0.25) is 0 Å². The van der Waals surface area contributed by atoms with Gasteiger partial charge in [-0.2, -0.15) is 0 Å². The van der Waals surface area contributed by atoms with E-state index in [-0.39, 0.29) is 11.3 Å². The molecule has 0 bridgehead atoms. The molecular weight excluding hydrogens is 290 g/mol. The lowest BCUT2D eigenvalue weighted by Gasteiger charge is -2.23. The zero-order chi connectivity index (χ0) is 16.3. The maximum Gasteiger partial charge on any atom is 0.408 e. The molecular formula is C15H23NO4S. The summed E-state index contributed by atoms with van der Waals surface area (Å²) in [6.07, 6.45) is -0.472. The van der Waals surface area contributed by atoms with E-state index in [1.54, 1.807) is 52.0 Å². The average molecular weight is 313 g/mol. The Morgan fingerprint density at radius 3 is 2.19 bits per heavy atom. The second kappa shape index (κ2) is 6.47. The van der Waals surface area contributed by atoms with Crippen LogP contribution in [0.5, 0.6) is 0 Å². The summed E-state index contributed by atoms with van der Waals surface area (Å²) in [4.78, 5) is 12.0. The van der Waals surface area contributed by atoms with Gasteiger partial charge in [0.05, 0.1) is 4.90 Å². The van der Waals surface area contributed by atoms with E-state index in [9.17, 15) is 13.2 Å². The highest BCUT2D eigenvalue weighted by Crippen LogP contribution is 2.18. The molecule has 0 aliphatic rings. The molecule has 0 saturated carbocycles. The number of hydrogen-bond acceptors (Lipinski definition) is 4. The molecule has 0 aromatic heterocycles. The number of sulfone groups is 1. The van der Waals surface area contributed by atoms with Crippen LogP contribution in [0.1, 0.15) is 39.7 Å². The molecule has 1 rings (SSSR count). The molecule has 5 nitrogen and oxygen atoms in total. The maximum absolute atomic E-state index is 12.5. The topological polar surface area (TPSA) is 72.5 Å². The van der Waals surface area contributed by atoms with E-state index in [1.807, 2.05) is 6.92 Å². The molecule has 1 aromatic carbocycles. The Morgan fingerprint density at radius 2 is 1.76 bits per heavy atom. The first-order chi connectivity index (χ1) is 9.56. The molecule has 1 N–H and O–H groups in total. The fourth-order valence-electron chi connectivity index (χ4n) is 1.73. The lowest BCUT2D eigenvalue weighted by Crippen LogP contribution is -2.43. The van der Waals surface area contributed by atoms with Crippen molar-refractivity contribution in [3.05, 3.63) is 29.8 Å². The number of ether oxygens (including phenoxy) is 1. The van der Waals surface area contributed by atoms with Crippen LogP contribution < -0.4 is 5.32 Å². The summed E-state index contributed by atoms with van der Waals surface area (Å²) in [6, 6.07) is 6.55. The highest BCUT2D eigenvalue weighted by molar-refractivity contribution is 7.92. The van der Waals surface area contributed by atoms with Crippen molar-refractivity contribution in [3.63, 3.8) is 0 Å². The van der Waals surface area contributed by atoms with Crippen LogP contribution in [-0.4, -0.2) is 25.5 Å². The van der Waals surface area contributed by atoms with E-state index in [0.29, 0.717) is 0 Å². The number of alkyl carbamates (subject to hydrolysis) is 1. The first kappa shape index (κ1) is 17.5. The van der Waals surface area contributed by atoms with Gasteiger partial charge in [-0.15, -0.1) is 0 Å². The number of benzene rings is 1. The predicted molar refractivity (Wildman–Crippen MR) is 81.8 cm³/mol. The third-order valence-corrected chi connectivity index (χ3v) is 4.90. The van der Waals surface area contributed by atoms with Gasteiger partial charge in [0.1, 0.15) is 11.0 Å². The van der Waals surface area contributed by atoms with Crippen LogP contribution in [0.25, 0.3) is 0 Å². The van der Waals surface area contributed by atoms with Crippen molar-refractivity contribution < 1.29 is 17.9 Å². The fourth-order valence-corrected chi connectivity index (χ4v) is 3.26. The molecule has 1 unspecified atom stereocenters. The summed E-state index contributed by atoms with van der Waals surface area (Å²) in [5.41, 5.74) is 0.304. The smallest absolute Gasteiger partial charge is 0.408 e. The maximum atomic E-state index is 12.5. The largest absolute Gasteiger partial charge is 0.444 e. The van der Waals surface area contributed by atoms with Gasteiger partial charge >= 0.3 is 6.09 Å². The molecule has 0 aliphatic heterocycles. The number of amides is 1. The van der Waals surface area contributed by atoms with Crippen LogP contribution >= 0.6 is 0 Å². The third kappa shape index (κ3) is 5.04. The summed E-state index contributed by atoms with van der Waals surface area (Å²) in [7, 11) is -3.63. The van der Waals surface area contributed by atoms with Gasteiger partial charge < -0.3 is 10.1 Å². The second-order valence-electron chi connectivity index (χ2n) is 5.90. The van der Waals surface area contributed by atoms with Gasteiger partial charge in [-0.3, -0.25) is 0 Å². The fraction of sp³-hybridized carbons (Fsp3) is 0.533. The molecule has 21 heavy (non-hydrogen) atoms. The van der Waals surface area contributed by atoms with Crippen molar-refractivity contribution in [3.8, 4) is 0 Å². The summed E-state index contributed by atoms with van der Waals surface area (Å²) in [5.74, 6) is 0. The molecule has 1 aromatic rings. The molecule has 0 aliphatic carbocycles. The number of carbonyl (C=O) groups is 1. The average Bonchev–Trinajstić information content (AvgIpc) is 2.34. The Morgan fingerprint density at radius 1 is 1.24 bits per heavy atom. The summed E-state index contributed by atoms with van der Waals surface area (Å²) >= 11 is 0. The van der Waals surface area contributed by atoms with Crippen molar-refractivity contribution in [2.45, 2.75) is 56.9 Å². The van der Waals surface area contributed by atoms with Crippen LogP contribution in [-0.2, 0) is 14.6 Å². The number of hydrogen-bond donors (Lipinski definition) is 1. The Labute approximate surface area is 126 Å². The molecule has 0 fully saturated rings. The predicted octanol–water partition coefficient (Wildman–Crippen LogP) is 3.03. The second-order valence-corrected chi connectivity index (χ2v) is 8.03. The van der Waals surface area contributed by atoms with Gasteiger partial charge in [0.2, 0.25) is 0 Å². The highest BCUT2D eigenvalue weighted by atomic mass is 32.2. The van der Waals surface area contributed by atoms with E-state index >= 15 is 0 Å². The van der Waals surface area contributed by atoms with E-state index in [4.69, 9.17) is 4.74 Å². The standard InChI is InChI=1S/C15H23NO4S/c1-6-13(16-14(17)20-15(3,4)5)21(18,19)12-9-7-11(2)8-10-12/h7-10,13H,6H2,1-5H3,(H,16,17). The molecule has 118 valence electrons. The van der Waals surface area contributed by atoms with E-state index in [0.717, 1.165) is 5.56 Å². The Balaban J connectivity index is 2.93.